The lowest BCUT2D eigenvalue weighted by molar-refractivity contribution is -0.403. The standard InChI is InChI=1S/C73H132N4O31/c1-4-5-6-7-8-9-10-14-17-20-23-26-29-32-45(85)44(77-52(88)33-30-27-24-21-18-15-12-11-13-16-19-22-25-28-31-34-74)41-99-69-61(95)59(93)63(50(39-81)102-69)104-71-62(96)67(108-73(72(97)98)35-46(86)53(75-42(2)83)66(107-73)55(89)47(87)36-78)64(51(40-82)103-71)105-68-54(76-43(3)84)65(57(91)49(38-80)100-68)106-70-60(94)58(92)56(90)48(37-79)101-70/h29,32,44-51,53-71,78-82,85-87,89-96H,4-28,30-31,33-41,74H2,1-3H3,(H,75,83)(H,76,84)(H,77,88)(H,97,98)/b32-29+/t44-,45+,46-,47+,48+,49+,50+,51+,53+,54+,55+,56-,57-,58-,59+,60+,61+,62+,63+,64-,65+,66+,67+,68-,69+,70-,71-,73-/m0/s1. The molecule has 5 heterocycles. The van der Waals surface area contributed by atoms with Crippen LogP contribution in [0.15, 0.2) is 12.2 Å². The first kappa shape index (κ1) is 95.1. The van der Waals surface area contributed by atoms with E-state index in [4.69, 9.17) is 53.1 Å². The van der Waals surface area contributed by atoms with Gasteiger partial charge in [0, 0.05) is 26.7 Å². The molecule has 5 rings (SSSR count). The molecule has 35 heteroatoms. The second kappa shape index (κ2) is 50.7. The Morgan fingerprint density at radius 2 is 0.963 bits per heavy atom. The minimum Gasteiger partial charge on any atom is -0.477 e. The second-order valence-electron chi connectivity index (χ2n) is 29.4. The number of aliphatic carboxylic acids is 1. The molecule has 3 amide bonds. The fourth-order valence-corrected chi connectivity index (χ4v) is 14.4. The minimum atomic E-state index is -3.38. The second-order valence-corrected chi connectivity index (χ2v) is 29.4. The van der Waals surface area contributed by atoms with Crippen molar-refractivity contribution in [2.45, 2.75) is 378 Å². The lowest BCUT2D eigenvalue weighted by Crippen LogP contribution is -2.72. The van der Waals surface area contributed by atoms with E-state index in [1.54, 1.807) is 0 Å². The average molecular weight is 1560 g/mol. The van der Waals surface area contributed by atoms with Crippen LogP contribution in [0.25, 0.3) is 0 Å². The van der Waals surface area contributed by atoms with Crippen LogP contribution in [0.1, 0.15) is 207 Å². The van der Waals surface area contributed by atoms with Crippen LogP contribution in [-0.4, -0.2) is 328 Å². The molecule has 5 fully saturated rings. The Kier molecular flexibility index (Phi) is 44.7. The summed E-state index contributed by atoms with van der Waals surface area (Å²) in [5, 5.41) is 197. The van der Waals surface area contributed by atoms with Crippen LogP contribution in [0, 0.1) is 0 Å². The summed E-state index contributed by atoms with van der Waals surface area (Å²) in [6.45, 7) is -1.17. The van der Waals surface area contributed by atoms with E-state index in [9.17, 15) is 106 Å². The fraction of sp³-hybridized carbons (Fsp3) is 0.918. The molecule has 0 aromatic heterocycles. The topological polar surface area (TPSA) is 567 Å². The number of ether oxygens (including phenoxy) is 10. The van der Waals surface area contributed by atoms with E-state index in [1.165, 1.54) is 102 Å². The molecule has 5 aliphatic heterocycles. The van der Waals surface area contributed by atoms with Gasteiger partial charge in [0.1, 0.15) is 116 Å². The number of carbonyl (C=O) groups is 4. The molecule has 0 bridgehead atoms. The van der Waals surface area contributed by atoms with Gasteiger partial charge < -0.3 is 156 Å². The van der Waals surface area contributed by atoms with E-state index in [0.29, 0.717) is 12.8 Å². The van der Waals surface area contributed by atoms with Crippen LogP contribution >= 0.6 is 0 Å². The Morgan fingerprint density at radius 3 is 1.49 bits per heavy atom. The number of unbranched alkanes of at least 4 members (excludes halogenated alkanes) is 25. The fourth-order valence-electron chi connectivity index (χ4n) is 14.4. The van der Waals surface area contributed by atoms with Crippen molar-refractivity contribution >= 4 is 23.7 Å². The Hall–Kier alpha value is -3.46. The molecule has 28 atom stereocenters. The number of aliphatic hydroxyl groups is 16. The van der Waals surface area contributed by atoms with Gasteiger partial charge in [0.05, 0.1) is 63.9 Å². The lowest BCUT2D eigenvalue weighted by atomic mass is 9.88. The normalized spacial score (nSPS) is 34.4. The highest BCUT2D eigenvalue weighted by molar-refractivity contribution is 5.77. The summed E-state index contributed by atoms with van der Waals surface area (Å²) in [7, 11) is 0. The lowest BCUT2D eigenvalue weighted by Gasteiger charge is -2.52. The van der Waals surface area contributed by atoms with Crippen molar-refractivity contribution in [1.29, 1.82) is 0 Å². The van der Waals surface area contributed by atoms with Gasteiger partial charge in [-0.25, -0.2) is 4.79 Å². The van der Waals surface area contributed by atoms with Crippen LogP contribution in [-0.2, 0) is 66.5 Å². The summed E-state index contributed by atoms with van der Waals surface area (Å²) in [5.41, 5.74) is 5.60. The highest BCUT2D eigenvalue weighted by Gasteiger charge is 2.62. The van der Waals surface area contributed by atoms with E-state index in [-0.39, 0.29) is 12.3 Å². The maximum Gasteiger partial charge on any atom is 0.364 e. The molecule has 0 spiro atoms. The Labute approximate surface area is 633 Å². The van der Waals surface area contributed by atoms with E-state index in [2.05, 4.69) is 22.9 Å². The van der Waals surface area contributed by atoms with Crippen molar-refractivity contribution in [3.8, 4) is 0 Å². The van der Waals surface area contributed by atoms with Crippen molar-refractivity contribution < 1.29 is 153 Å². The van der Waals surface area contributed by atoms with Gasteiger partial charge in [0.15, 0.2) is 25.2 Å². The third kappa shape index (κ3) is 29.4. The SMILES string of the molecule is CCCCCCCCCCCCC/C=C/[C@@H](O)[C@H](CO[C@@H]1O[C@H](CO)[C@@H](O[C@@H]2O[C@H](CO)[C@H](O[C@@H]3O[C@H](CO)[C@H](O)[C@H](O[C@@H]4O[C@H](CO)[C@H](O)[C@H](O)[C@H]4O)[C@H]3NC(C)=O)[C@H](O[C@]3(C(=O)O)C[C@H](O)[C@@H](NC(C)=O)[C@H]([C@H](O)[C@H](O)CO)O3)[C@H]2O)[C@H](O)[C@H]1O)NC(=O)CCCCCCCCCCCCCCCCCN. The third-order valence-electron chi connectivity index (χ3n) is 20.7. The summed E-state index contributed by atoms with van der Waals surface area (Å²) in [5.74, 6) is -7.72. The van der Waals surface area contributed by atoms with Crippen LogP contribution < -0.4 is 21.7 Å². The van der Waals surface area contributed by atoms with Crippen molar-refractivity contribution in [3.05, 3.63) is 12.2 Å². The maximum atomic E-state index is 13.8. The molecule has 0 aliphatic carbocycles. The largest absolute Gasteiger partial charge is 0.477 e. The molecule has 0 aromatic rings. The van der Waals surface area contributed by atoms with Crippen molar-refractivity contribution in [1.82, 2.24) is 16.0 Å². The van der Waals surface area contributed by atoms with Gasteiger partial charge in [-0.2, -0.15) is 0 Å². The van der Waals surface area contributed by atoms with Crippen molar-refractivity contribution in [3.63, 3.8) is 0 Å². The zero-order chi connectivity index (χ0) is 79.5. The van der Waals surface area contributed by atoms with Gasteiger partial charge >= 0.3 is 5.97 Å². The summed E-state index contributed by atoms with van der Waals surface area (Å²) in [6, 6.07) is -4.81. The molecule has 0 saturated carbocycles. The number of nitrogens with one attached hydrogen (secondary N) is 3. The Balaban J connectivity index is 1.39. The number of carboxylic acid groups (broad SMARTS) is 1. The molecule has 108 heavy (non-hydrogen) atoms. The number of allylic oxidation sites excluding steroid dienone is 1. The number of carbonyl (C=O) groups excluding carboxylic acids is 3. The van der Waals surface area contributed by atoms with Gasteiger partial charge in [-0.3, -0.25) is 14.4 Å². The van der Waals surface area contributed by atoms with E-state index >= 15 is 0 Å². The molecule has 0 aromatic carbocycles. The molecule has 35 nitrogen and oxygen atoms in total. The molecule has 5 aliphatic rings. The highest BCUT2D eigenvalue weighted by atomic mass is 16.8. The van der Waals surface area contributed by atoms with Crippen LogP contribution in [0.3, 0.4) is 0 Å². The summed E-state index contributed by atoms with van der Waals surface area (Å²) < 4.78 is 60.1. The predicted octanol–water partition coefficient (Wildman–Crippen LogP) is -2.10. The van der Waals surface area contributed by atoms with Gasteiger partial charge in [0.2, 0.25) is 17.7 Å². The average Bonchev–Trinajstić information content (AvgIpc) is 0.749. The van der Waals surface area contributed by atoms with Crippen molar-refractivity contribution in [2.75, 3.05) is 46.2 Å². The molecular weight excluding hydrogens is 1430 g/mol. The first-order valence-corrected chi connectivity index (χ1v) is 39.3. The molecule has 0 unspecified atom stereocenters. The van der Waals surface area contributed by atoms with Crippen molar-refractivity contribution in [2.24, 2.45) is 5.73 Å². The third-order valence-corrected chi connectivity index (χ3v) is 20.7. The number of nitrogens with two attached hydrogens (primary N) is 1. The summed E-state index contributed by atoms with van der Waals surface area (Å²) >= 11 is 0. The smallest absolute Gasteiger partial charge is 0.364 e. The molecule has 0 radical (unpaired) electrons. The van der Waals surface area contributed by atoms with Gasteiger partial charge in [0.25, 0.3) is 5.79 Å². The zero-order valence-electron chi connectivity index (χ0n) is 63.1. The number of aliphatic hydroxyl groups excluding tert-OH is 16. The summed E-state index contributed by atoms with van der Waals surface area (Å²) in [4.78, 5) is 53.0. The number of carboxylic acids is 1. The van der Waals surface area contributed by atoms with E-state index in [1.807, 2.05) is 6.08 Å². The molecular formula is C73H132N4O31. The minimum absolute atomic E-state index is 0.129. The highest BCUT2D eigenvalue weighted by Crippen LogP contribution is 2.41. The van der Waals surface area contributed by atoms with Gasteiger partial charge in [-0.05, 0) is 32.2 Å². The monoisotopic (exact) mass is 1560 g/mol. The van der Waals surface area contributed by atoms with E-state index in [0.717, 1.165) is 84.6 Å². The number of rotatable bonds is 53. The van der Waals surface area contributed by atoms with Crippen LogP contribution in [0.5, 0.6) is 0 Å². The van der Waals surface area contributed by atoms with Gasteiger partial charge in [-0.1, -0.05) is 167 Å². The van der Waals surface area contributed by atoms with E-state index < -0.39 is 235 Å². The van der Waals surface area contributed by atoms with Gasteiger partial charge in [-0.15, -0.1) is 0 Å². The molecule has 630 valence electrons. The quantitative estimate of drug-likeness (QED) is 0.0229. The Bertz CT molecular complexity index is 2520. The number of amides is 3. The van der Waals surface area contributed by atoms with Crippen LogP contribution in [0.2, 0.25) is 0 Å². The van der Waals surface area contributed by atoms with Crippen LogP contribution in [0.4, 0.5) is 0 Å². The first-order valence-electron chi connectivity index (χ1n) is 39.3. The summed E-state index contributed by atoms with van der Waals surface area (Å²) in [6.07, 6.45) is -17.4. The predicted molar refractivity (Wildman–Crippen MR) is 382 cm³/mol. The first-order chi connectivity index (χ1) is 51.8. The number of hydrogen-bond donors (Lipinski definition) is 21. The molecule has 5 saturated heterocycles. The Morgan fingerprint density at radius 1 is 0.509 bits per heavy atom. The number of hydrogen-bond acceptors (Lipinski definition) is 31. The maximum absolute atomic E-state index is 13.8. The molecule has 22 N–H and O–H groups in total. The zero-order valence-corrected chi connectivity index (χ0v) is 63.1.